The van der Waals surface area contributed by atoms with Gasteiger partial charge in [0.05, 0.1) is 0 Å². The van der Waals surface area contributed by atoms with E-state index in [4.69, 9.17) is 11.6 Å². The summed E-state index contributed by atoms with van der Waals surface area (Å²) in [6.45, 7) is 6.76. The molecule has 1 aromatic carbocycles. The maximum Gasteiger partial charge on any atom is 0.441 e. The molecule has 1 aromatic rings. The van der Waals surface area contributed by atoms with Crippen molar-refractivity contribution in [2.75, 3.05) is 12.3 Å². The molecule has 0 aliphatic carbocycles. The zero-order valence-corrected chi connectivity index (χ0v) is 14.0. The molecule has 0 aliphatic heterocycles. The van der Waals surface area contributed by atoms with Crippen molar-refractivity contribution in [2.45, 2.75) is 44.2 Å². The van der Waals surface area contributed by atoms with Crippen LogP contribution in [0.5, 0.6) is 0 Å². The molecule has 0 saturated carbocycles. The van der Waals surface area contributed by atoms with Gasteiger partial charge < -0.3 is 5.32 Å². The summed E-state index contributed by atoms with van der Waals surface area (Å²) < 4.78 is 36.8. The highest BCUT2D eigenvalue weighted by Crippen LogP contribution is 2.33. The Hall–Kier alpha value is -0.390. The highest BCUT2D eigenvalue weighted by atomic mass is 35.5. The molecule has 0 saturated heterocycles. The van der Waals surface area contributed by atoms with E-state index in [1.165, 1.54) is 0 Å². The molecule has 1 rings (SSSR count). The van der Waals surface area contributed by atoms with Crippen LogP contribution in [0.15, 0.2) is 24.3 Å². The molecule has 0 bridgehead atoms. The molecule has 21 heavy (non-hydrogen) atoms. The van der Waals surface area contributed by atoms with Crippen molar-refractivity contribution >= 4 is 23.4 Å². The van der Waals surface area contributed by atoms with E-state index in [0.29, 0.717) is 18.0 Å². The highest BCUT2D eigenvalue weighted by molar-refractivity contribution is 8.00. The number of benzene rings is 1. The summed E-state index contributed by atoms with van der Waals surface area (Å²) >= 11 is 5.90. The fraction of sp³-hybridized carbons (Fsp3) is 0.600. The van der Waals surface area contributed by atoms with Gasteiger partial charge in [0.1, 0.15) is 0 Å². The Kier molecular flexibility index (Phi) is 6.88. The van der Waals surface area contributed by atoms with Gasteiger partial charge in [-0.25, -0.2) is 0 Å². The van der Waals surface area contributed by atoms with E-state index < -0.39 is 5.51 Å². The van der Waals surface area contributed by atoms with Crippen LogP contribution in [-0.2, 0) is 0 Å². The molecule has 1 N–H and O–H groups in total. The smallest absolute Gasteiger partial charge is 0.311 e. The van der Waals surface area contributed by atoms with E-state index in [1.807, 2.05) is 32.9 Å². The summed E-state index contributed by atoms with van der Waals surface area (Å²) in [5, 5.41) is 3.99. The van der Waals surface area contributed by atoms with Crippen LogP contribution in [0, 0.1) is 0 Å². The van der Waals surface area contributed by atoms with Gasteiger partial charge in [-0.1, -0.05) is 35.5 Å². The number of thioether (sulfide) groups is 1. The average molecular weight is 340 g/mol. The lowest BCUT2D eigenvalue weighted by molar-refractivity contribution is -0.0328. The van der Waals surface area contributed by atoms with E-state index in [0.717, 1.165) is 5.56 Å². The van der Waals surface area contributed by atoms with Crippen LogP contribution in [0.4, 0.5) is 13.2 Å². The van der Waals surface area contributed by atoms with Crippen LogP contribution < -0.4 is 5.32 Å². The molecule has 0 aromatic heterocycles. The Balaban J connectivity index is 2.67. The third kappa shape index (κ3) is 8.59. The summed E-state index contributed by atoms with van der Waals surface area (Å²) in [5.74, 6) is 0.0964. The SMILES string of the molecule is CC(C)(C)NCC(CCSC(F)(F)F)c1ccc(Cl)cc1. The molecule has 120 valence electrons. The molecule has 0 radical (unpaired) electrons. The lowest BCUT2D eigenvalue weighted by Crippen LogP contribution is -2.38. The van der Waals surface area contributed by atoms with Gasteiger partial charge in [-0.2, -0.15) is 13.2 Å². The van der Waals surface area contributed by atoms with Crippen molar-refractivity contribution in [3.63, 3.8) is 0 Å². The van der Waals surface area contributed by atoms with Gasteiger partial charge in [0.15, 0.2) is 0 Å². The minimum absolute atomic E-state index is 0.0383. The molecule has 0 heterocycles. The fourth-order valence-corrected chi connectivity index (χ4v) is 2.63. The Morgan fingerprint density at radius 3 is 2.19 bits per heavy atom. The second kappa shape index (κ2) is 7.75. The minimum Gasteiger partial charge on any atom is -0.311 e. The van der Waals surface area contributed by atoms with Crippen molar-refractivity contribution in [3.05, 3.63) is 34.9 Å². The number of rotatable bonds is 6. The van der Waals surface area contributed by atoms with Gasteiger partial charge in [0.25, 0.3) is 0 Å². The third-order valence-corrected chi connectivity index (χ3v) is 3.97. The first-order valence-electron chi connectivity index (χ1n) is 6.78. The minimum atomic E-state index is -4.16. The van der Waals surface area contributed by atoms with Crippen molar-refractivity contribution in [3.8, 4) is 0 Å². The monoisotopic (exact) mass is 339 g/mol. The zero-order chi connectivity index (χ0) is 16.1. The maximum absolute atomic E-state index is 12.3. The summed E-state index contributed by atoms with van der Waals surface area (Å²) in [6, 6.07) is 7.32. The third-order valence-electron chi connectivity index (χ3n) is 2.95. The molecular formula is C15H21ClF3NS. The lowest BCUT2D eigenvalue weighted by atomic mass is 9.95. The van der Waals surface area contributed by atoms with E-state index >= 15 is 0 Å². The summed E-state index contributed by atoms with van der Waals surface area (Å²) in [5.41, 5.74) is -3.22. The van der Waals surface area contributed by atoms with E-state index in [2.05, 4.69) is 5.32 Å². The Morgan fingerprint density at radius 1 is 1.14 bits per heavy atom. The first kappa shape index (κ1) is 18.7. The first-order valence-corrected chi connectivity index (χ1v) is 8.14. The average Bonchev–Trinajstić information content (AvgIpc) is 2.32. The maximum atomic E-state index is 12.3. The van der Waals surface area contributed by atoms with E-state index in [-0.39, 0.29) is 29.0 Å². The first-order chi connectivity index (χ1) is 9.57. The van der Waals surface area contributed by atoms with Gasteiger partial charge in [0.2, 0.25) is 0 Å². The van der Waals surface area contributed by atoms with Gasteiger partial charge in [-0.05, 0) is 50.8 Å². The molecule has 0 fully saturated rings. The molecule has 0 spiro atoms. The van der Waals surface area contributed by atoms with E-state index in [9.17, 15) is 13.2 Å². The Bertz CT molecular complexity index is 426. The molecule has 1 atom stereocenters. The van der Waals surface area contributed by atoms with Crippen molar-refractivity contribution < 1.29 is 13.2 Å². The van der Waals surface area contributed by atoms with Crippen LogP contribution in [-0.4, -0.2) is 23.3 Å². The summed E-state index contributed by atoms with van der Waals surface area (Å²) in [7, 11) is 0. The van der Waals surface area contributed by atoms with Gasteiger partial charge >= 0.3 is 5.51 Å². The van der Waals surface area contributed by atoms with Crippen LogP contribution >= 0.6 is 23.4 Å². The second-order valence-electron chi connectivity index (χ2n) is 5.96. The predicted octanol–water partition coefficient (Wildman–Crippen LogP) is 5.45. The number of halogens is 4. The summed E-state index contributed by atoms with van der Waals surface area (Å²) in [6.07, 6.45) is 0.467. The topological polar surface area (TPSA) is 12.0 Å². The van der Waals surface area contributed by atoms with Crippen LogP contribution in [0.2, 0.25) is 5.02 Å². The number of hydrogen-bond donors (Lipinski definition) is 1. The largest absolute Gasteiger partial charge is 0.441 e. The zero-order valence-electron chi connectivity index (χ0n) is 12.4. The van der Waals surface area contributed by atoms with E-state index in [1.54, 1.807) is 12.1 Å². The predicted molar refractivity (Wildman–Crippen MR) is 85.1 cm³/mol. The quantitative estimate of drug-likeness (QED) is 0.739. The highest BCUT2D eigenvalue weighted by Gasteiger charge is 2.28. The van der Waals surface area contributed by atoms with Gasteiger partial charge in [-0.3, -0.25) is 0 Å². The Labute approximate surface area is 133 Å². The number of nitrogens with one attached hydrogen (secondary N) is 1. The van der Waals surface area contributed by atoms with Gasteiger partial charge in [-0.15, -0.1) is 0 Å². The standard InChI is InChI=1S/C15H21ClF3NS/c1-14(2,3)20-10-12(8-9-21-15(17,18)19)11-4-6-13(16)7-5-11/h4-7,12,20H,8-10H2,1-3H3. The number of alkyl halides is 3. The second-order valence-corrected chi connectivity index (χ2v) is 7.56. The molecule has 6 heteroatoms. The Morgan fingerprint density at radius 2 is 1.71 bits per heavy atom. The molecule has 0 aliphatic rings. The van der Waals surface area contributed by atoms with Crippen LogP contribution in [0.1, 0.15) is 38.7 Å². The molecule has 1 unspecified atom stereocenters. The van der Waals surface area contributed by atoms with Crippen LogP contribution in [0.3, 0.4) is 0 Å². The fourth-order valence-electron chi connectivity index (χ4n) is 1.87. The van der Waals surface area contributed by atoms with Crippen molar-refractivity contribution in [2.24, 2.45) is 0 Å². The summed E-state index contributed by atoms with van der Waals surface area (Å²) in [4.78, 5) is 0. The van der Waals surface area contributed by atoms with Crippen molar-refractivity contribution in [1.29, 1.82) is 0 Å². The van der Waals surface area contributed by atoms with Crippen molar-refractivity contribution in [1.82, 2.24) is 5.32 Å². The lowest BCUT2D eigenvalue weighted by Gasteiger charge is -2.26. The van der Waals surface area contributed by atoms with Gasteiger partial charge in [0, 0.05) is 22.9 Å². The number of hydrogen-bond acceptors (Lipinski definition) is 2. The molecule has 0 amide bonds. The molecular weight excluding hydrogens is 319 g/mol. The van der Waals surface area contributed by atoms with Crippen LogP contribution in [0.25, 0.3) is 0 Å². The normalized spacial score (nSPS) is 14.2. The molecule has 1 nitrogen and oxygen atoms in total.